The summed E-state index contributed by atoms with van der Waals surface area (Å²) in [6.07, 6.45) is 1.79. The Bertz CT molecular complexity index is 982. The zero-order valence-corrected chi connectivity index (χ0v) is 15.8. The van der Waals surface area contributed by atoms with Gasteiger partial charge in [0.15, 0.2) is 0 Å². The lowest BCUT2D eigenvalue weighted by Gasteiger charge is -2.28. The van der Waals surface area contributed by atoms with E-state index in [1.807, 2.05) is 31.2 Å². The van der Waals surface area contributed by atoms with Gasteiger partial charge in [0.2, 0.25) is 5.56 Å². The van der Waals surface area contributed by atoms with Gasteiger partial charge in [-0.25, -0.2) is 0 Å². The van der Waals surface area contributed by atoms with E-state index in [1.54, 1.807) is 37.0 Å². The number of aryl methyl sites for hydroxylation is 1. The third-order valence-corrected chi connectivity index (χ3v) is 4.79. The zero-order chi connectivity index (χ0) is 19.0. The standard InChI is InChI=1S/C20H21ClN4O/c1-12(22)18-19(23-3)13(2)25(16-9-10-17(26)24(4)11-16)20(18)14-5-7-15(21)8-6-14/h5-11,20H,2,22H2,1,3-4H3. The van der Waals surface area contributed by atoms with Crippen LogP contribution < -0.4 is 16.2 Å². The highest BCUT2D eigenvalue weighted by Crippen LogP contribution is 2.44. The monoisotopic (exact) mass is 368 g/mol. The SMILES string of the molecule is C=C1C(=NC)C(=C(C)N)C(c2ccc(Cl)cc2)N1c1ccc(=O)n(C)c1. The molecule has 1 aromatic heterocycles. The molecule has 2 N–H and O–H groups in total. The van der Waals surface area contributed by atoms with Gasteiger partial charge in [-0.05, 0) is 30.7 Å². The van der Waals surface area contributed by atoms with Crippen molar-refractivity contribution in [3.8, 4) is 0 Å². The van der Waals surface area contributed by atoms with Crippen molar-refractivity contribution >= 4 is 23.0 Å². The number of nitrogens with two attached hydrogens (primary N) is 1. The van der Waals surface area contributed by atoms with Crippen LogP contribution in [0.4, 0.5) is 5.69 Å². The molecular formula is C20H21ClN4O. The highest BCUT2D eigenvalue weighted by molar-refractivity contribution is 6.30. The second-order valence-corrected chi connectivity index (χ2v) is 6.71. The molecule has 0 radical (unpaired) electrons. The van der Waals surface area contributed by atoms with Crippen molar-refractivity contribution in [3.63, 3.8) is 0 Å². The van der Waals surface area contributed by atoms with Crippen molar-refractivity contribution in [2.45, 2.75) is 13.0 Å². The summed E-state index contributed by atoms with van der Waals surface area (Å²) in [5.41, 5.74) is 11.1. The van der Waals surface area contributed by atoms with Crippen LogP contribution in [0.1, 0.15) is 18.5 Å². The largest absolute Gasteiger partial charge is 0.402 e. The van der Waals surface area contributed by atoms with Gasteiger partial charge in [0, 0.05) is 42.7 Å². The van der Waals surface area contributed by atoms with E-state index in [9.17, 15) is 4.79 Å². The van der Waals surface area contributed by atoms with Crippen LogP contribution in [0.15, 0.2) is 75.9 Å². The van der Waals surface area contributed by atoms with Crippen molar-refractivity contribution in [1.29, 1.82) is 0 Å². The Morgan fingerprint density at radius 2 is 1.88 bits per heavy atom. The molecule has 2 heterocycles. The maximum atomic E-state index is 11.8. The number of benzene rings is 1. The van der Waals surface area contributed by atoms with E-state index in [2.05, 4.69) is 16.5 Å². The maximum absolute atomic E-state index is 11.8. The van der Waals surface area contributed by atoms with Gasteiger partial charge in [-0.3, -0.25) is 9.79 Å². The van der Waals surface area contributed by atoms with Crippen LogP contribution in [-0.2, 0) is 7.05 Å². The van der Waals surface area contributed by atoms with Crippen LogP contribution in [0.5, 0.6) is 0 Å². The average Bonchev–Trinajstić information content (AvgIpc) is 2.90. The predicted octanol–water partition coefficient (Wildman–Crippen LogP) is 3.42. The van der Waals surface area contributed by atoms with Gasteiger partial charge in [0.05, 0.1) is 23.1 Å². The normalized spacial score (nSPS) is 20.8. The Hall–Kier alpha value is -2.79. The fourth-order valence-electron chi connectivity index (χ4n) is 3.32. The van der Waals surface area contributed by atoms with Crippen molar-refractivity contribution in [3.05, 3.63) is 87.1 Å². The highest BCUT2D eigenvalue weighted by atomic mass is 35.5. The summed E-state index contributed by atoms with van der Waals surface area (Å²) in [4.78, 5) is 18.3. The predicted molar refractivity (Wildman–Crippen MR) is 108 cm³/mol. The summed E-state index contributed by atoms with van der Waals surface area (Å²) < 4.78 is 1.54. The van der Waals surface area contributed by atoms with Crippen molar-refractivity contribution in [2.75, 3.05) is 11.9 Å². The first-order valence-corrected chi connectivity index (χ1v) is 8.57. The Balaban J connectivity index is 2.26. The summed E-state index contributed by atoms with van der Waals surface area (Å²) in [5.74, 6) is 0. The average molecular weight is 369 g/mol. The molecule has 134 valence electrons. The van der Waals surface area contributed by atoms with Crippen molar-refractivity contribution in [2.24, 2.45) is 17.8 Å². The molecule has 0 amide bonds. The van der Waals surface area contributed by atoms with Crippen LogP contribution in [0, 0.1) is 0 Å². The molecule has 1 atom stereocenters. The molecule has 6 heteroatoms. The molecule has 1 aromatic carbocycles. The van der Waals surface area contributed by atoms with E-state index >= 15 is 0 Å². The lowest BCUT2D eigenvalue weighted by atomic mass is 9.96. The van der Waals surface area contributed by atoms with Crippen molar-refractivity contribution < 1.29 is 0 Å². The van der Waals surface area contributed by atoms with E-state index in [0.717, 1.165) is 28.2 Å². The molecule has 1 unspecified atom stereocenters. The van der Waals surface area contributed by atoms with Gasteiger partial charge in [-0.2, -0.15) is 0 Å². The summed E-state index contributed by atoms with van der Waals surface area (Å²) in [6.45, 7) is 6.10. The number of aliphatic imine (C=N–C) groups is 1. The fraction of sp³-hybridized carbons (Fsp3) is 0.200. The topological polar surface area (TPSA) is 63.6 Å². The minimum absolute atomic E-state index is 0.0724. The van der Waals surface area contributed by atoms with Gasteiger partial charge in [-0.15, -0.1) is 0 Å². The first kappa shape index (κ1) is 18.0. The number of aromatic nitrogens is 1. The van der Waals surface area contributed by atoms with Crippen LogP contribution in [0.2, 0.25) is 5.02 Å². The van der Waals surface area contributed by atoms with Gasteiger partial charge in [0.25, 0.3) is 0 Å². The second kappa shape index (κ2) is 6.84. The lowest BCUT2D eigenvalue weighted by molar-refractivity contribution is 0.805. The van der Waals surface area contributed by atoms with Gasteiger partial charge in [0.1, 0.15) is 0 Å². The smallest absolute Gasteiger partial charge is 0.250 e. The third kappa shape index (κ3) is 2.95. The number of anilines is 1. The number of rotatable bonds is 2. The first-order chi connectivity index (χ1) is 12.3. The Morgan fingerprint density at radius 1 is 1.23 bits per heavy atom. The number of pyridine rings is 1. The Kier molecular flexibility index (Phi) is 4.74. The van der Waals surface area contributed by atoms with E-state index in [1.165, 1.54) is 0 Å². The number of halogens is 1. The van der Waals surface area contributed by atoms with Crippen molar-refractivity contribution in [1.82, 2.24) is 4.57 Å². The number of hydrogen-bond donors (Lipinski definition) is 1. The summed E-state index contributed by atoms with van der Waals surface area (Å²) >= 11 is 6.06. The molecule has 1 aliphatic heterocycles. The molecule has 26 heavy (non-hydrogen) atoms. The summed E-state index contributed by atoms with van der Waals surface area (Å²) in [7, 11) is 3.45. The minimum atomic E-state index is -0.194. The molecule has 1 fully saturated rings. The molecule has 1 aliphatic rings. The van der Waals surface area contributed by atoms with Gasteiger partial charge >= 0.3 is 0 Å². The molecule has 0 bridgehead atoms. The fourth-order valence-corrected chi connectivity index (χ4v) is 3.45. The van der Waals surface area contributed by atoms with E-state index in [0.29, 0.717) is 10.7 Å². The quantitative estimate of drug-likeness (QED) is 0.883. The molecule has 0 spiro atoms. The lowest BCUT2D eigenvalue weighted by Crippen LogP contribution is -2.25. The zero-order valence-electron chi connectivity index (χ0n) is 15.0. The van der Waals surface area contributed by atoms with E-state index < -0.39 is 0 Å². The number of hydrogen-bond acceptors (Lipinski definition) is 4. The minimum Gasteiger partial charge on any atom is -0.402 e. The summed E-state index contributed by atoms with van der Waals surface area (Å²) in [5, 5.41) is 0.665. The molecule has 5 nitrogen and oxygen atoms in total. The second-order valence-electron chi connectivity index (χ2n) is 6.28. The molecule has 2 aromatic rings. The molecule has 0 saturated carbocycles. The molecular weight excluding hydrogens is 348 g/mol. The molecule has 1 saturated heterocycles. The Labute approximate surface area is 157 Å². The third-order valence-electron chi connectivity index (χ3n) is 4.53. The molecule has 0 aliphatic carbocycles. The summed E-state index contributed by atoms with van der Waals surface area (Å²) in [6, 6.07) is 10.8. The van der Waals surface area contributed by atoms with Gasteiger partial charge < -0.3 is 15.2 Å². The highest BCUT2D eigenvalue weighted by Gasteiger charge is 2.39. The Morgan fingerprint density at radius 3 is 2.42 bits per heavy atom. The van der Waals surface area contributed by atoms with Gasteiger partial charge in [-0.1, -0.05) is 30.3 Å². The van der Waals surface area contributed by atoms with Crippen LogP contribution in [0.3, 0.4) is 0 Å². The first-order valence-electron chi connectivity index (χ1n) is 8.19. The molecule has 3 rings (SSSR count). The number of allylic oxidation sites excluding steroid dienone is 2. The van der Waals surface area contributed by atoms with Crippen LogP contribution >= 0.6 is 11.6 Å². The number of nitrogens with zero attached hydrogens (tertiary/aromatic N) is 3. The van der Waals surface area contributed by atoms with E-state index in [-0.39, 0.29) is 11.6 Å². The van der Waals surface area contributed by atoms with E-state index in [4.69, 9.17) is 17.3 Å². The maximum Gasteiger partial charge on any atom is 0.250 e. The van der Waals surface area contributed by atoms with Crippen LogP contribution in [0.25, 0.3) is 0 Å². The van der Waals surface area contributed by atoms with Crippen LogP contribution in [-0.4, -0.2) is 17.3 Å².